The average Bonchev–Trinajstić information content (AvgIpc) is 3.05. The number of nitrogens with zero attached hydrogens (tertiary/aromatic N) is 2. The van der Waals surface area contributed by atoms with E-state index in [4.69, 9.17) is 0 Å². The Hall–Kier alpha value is -1.77. The standard InChI is InChI=1S/C12H14N4O3S/c17-9-6-13-3-7(9)4-14-10(18)8-5-15-12-16(11(8)19)1-2-20-12/h1-2,5,7,9,13,17H,3-4,6H2,(H,14,18). The van der Waals surface area contributed by atoms with Crippen molar-refractivity contribution in [2.45, 2.75) is 6.10 Å². The van der Waals surface area contributed by atoms with Gasteiger partial charge in [-0.05, 0) is 0 Å². The van der Waals surface area contributed by atoms with Crippen LogP contribution in [0.2, 0.25) is 0 Å². The highest BCUT2D eigenvalue weighted by Crippen LogP contribution is 2.08. The van der Waals surface area contributed by atoms with Crippen molar-refractivity contribution in [1.82, 2.24) is 20.0 Å². The fraction of sp³-hybridized carbons (Fsp3) is 0.417. The zero-order chi connectivity index (χ0) is 14.1. The van der Waals surface area contributed by atoms with E-state index in [0.29, 0.717) is 24.6 Å². The summed E-state index contributed by atoms with van der Waals surface area (Å²) < 4.78 is 1.35. The molecule has 0 saturated carbocycles. The zero-order valence-electron chi connectivity index (χ0n) is 10.6. The third-order valence-corrected chi connectivity index (χ3v) is 4.19. The molecule has 0 bridgehead atoms. The monoisotopic (exact) mass is 294 g/mol. The van der Waals surface area contributed by atoms with Crippen molar-refractivity contribution in [3.8, 4) is 0 Å². The molecule has 3 heterocycles. The lowest BCUT2D eigenvalue weighted by molar-refractivity contribution is 0.0925. The number of hydrogen-bond acceptors (Lipinski definition) is 6. The van der Waals surface area contributed by atoms with Gasteiger partial charge in [-0.15, -0.1) is 11.3 Å². The van der Waals surface area contributed by atoms with Gasteiger partial charge >= 0.3 is 0 Å². The predicted octanol–water partition coefficient (Wildman–Crippen LogP) is -0.934. The minimum absolute atomic E-state index is 0.0151. The van der Waals surface area contributed by atoms with Gasteiger partial charge in [-0.3, -0.25) is 14.0 Å². The Kier molecular flexibility index (Phi) is 3.51. The van der Waals surface area contributed by atoms with Gasteiger partial charge in [0.25, 0.3) is 11.5 Å². The van der Waals surface area contributed by atoms with Crippen LogP contribution in [0.25, 0.3) is 4.96 Å². The van der Waals surface area contributed by atoms with Crippen LogP contribution < -0.4 is 16.2 Å². The highest BCUT2D eigenvalue weighted by atomic mass is 32.1. The second-order valence-electron chi connectivity index (χ2n) is 4.73. The van der Waals surface area contributed by atoms with E-state index in [1.165, 1.54) is 21.9 Å². The summed E-state index contributed by atoms with van der Waals surface area (Å²) in [7, 11) is 0. The molecule has 3 rings (SSSR count). The molecule has 8 heteroatoms. The summed E-state index contributed by atoms with van der Waals surface area (Å²) >= 11 is 1.33. The first-order valence-electron chi connectivity index (χ1n) is 6.28. The number of aliphatic hydroxyl groups is 1. The zero-order valence-corrected chi connectivity index (χ0v) is 11.4. The number of aromatic nitrogens is 2. The average molecular weight is 294 g/mol. The van der Waals surface area contributed by atoms with Crippen molar-refractivity contribution in [2.75, 3.05) is 19.6 Å². The largest absolute Gasteiger partial charge is 0.391 e. The molecule has 2 aromatic rings. The van der Waals surface area contributed by atoms with Gasteiger partial charge in [0.2, 0.25) is 0 Å². The highest BCUT2D eigenvalue weighted by Gasteiger charge is 2.25. The molecule has 2 atom stereocenters. The summed E-state index contributed by atoms with van der Waals surface area (Å²) in [6.07, 6.45) is 2.43. The Bertz CT molecular complexity index is 695. The highest BCUT2D eigenvalue weighted by molar-refractivity contribution is 7.15. The van der Waals surface area contributed by atoms with Gasteiger partial charge in [-0.1, -0.05) is 0 Å². The van der Waals surface area contributed by atoms with Crippen LogP contribution in [-0.2, 0) is 0 Å². The number of carbonyl (C=O) groups is 1. The minimum Gasteiger partial charge on any atom is -0.391 e. The molecule has 1 amide bonds. The molecule has 1 aliphatic rings. The topological polar surface area (TPSA) is 95.7 Å². The molecule has 2 aromatic heterocycles. The van der Waals surface area contributed by atoms with Crippen molar-refractivity contribution >= 4 is 22.2 Å². The van der Waals surface area contributed by atoms with E-state index in [1.807, 2.05) is 0 Å². The number of amides is 1. The lowest BCUT2D eigenvalue weighted by Crippen LogP contribution is -2.37. The Morgan fingerprint density at radius 2 is 2.45 bits per heavy atom. The first-order valence-corrected chi connectivity index (χ1v) is 7.16. The Morgan fingerprint density at radius 1 is 1.60 bits per heavy atom. The van der Waals surface area contributed by atoms with Gasteiger partial charge in [-0.25, -0.2) is 4.98 Å². The van der Waals surface area contributed by atoms with Crippen LogP contribution in [0.1, 0.15) is 10.4 Å². The van der Waals surface area contributed by atoms with Crippen LogP contribution in [0.3, 0.4) is 0 Å². The maximum Gasteiger partial charge on any atom is 0.271 e. The van der Waals surface area contributed by atoms with E-state index < -0.39 is 12.0 Å². The molecule has 106 valence electrons. The molecule has 0 radical (unpaired) electrons. The van der Waals surface area contributed by atoms with Gasteiger partial charge in [0.15, 0.2) is 4.96 Å². The summed E-state index contributed by atoms with van der Waals surface area (Å²) in [6.45, 7) is 1.52. The van der Waals surface area contributed by atoms with Gasteiger partial charge < -0.3 is 15.7 Å². The van der Waals surface area contributed by atoms with E-state index in [1.54, 1.807) is 11.6 Å². The fourth-order valence-corrected chi connectivity index (χ4v) is 2.90. The fourth-order valence-electron chi connectivity index (χ4n) is 2.23. The maximum atomic E-state index is 12.1. The van der Waals surface area contributed by atoms with Crippen molar-refractivity contribution in [1.29, 1.82) is 0 Å². The predicted molar refractivity (Wildman–Crippen MR) is 74.0 cm³/mol. The number of thiazole rings is 1. The molecule has 1 saturated heterocycles. The van der Waals surface area contributed by atoms with Gasteiger partial charge in [0.1, 0.15) is 5.56 Å². The number of carbonyl (C=O) groups excluding carboxylic acids is 1. The Labute approximate surface area is 118 Å². The number of nitrogens with one attached hydrogen (secondary N) is 2. The number of hydrogen-bond donors (Lipinski definition) is 3. The summed E-state index contributed by atoms with van der Waals surface area (Å²) in [4.78, 5) is 28.8. The van der Waals surface area contributed by atoms with Crippen molar-refractivity contribution in [3.63, 3.8) is 0 Å². The molecule has 0 aromatic carbocycles. The quantitative estimate of drug-likeness (QED) is 0.679. The summed E-state index contributed by atoms with van der Waals surface area (Å²) in [5.41, 5.74) is -0.361. The molecule has 0 aliphatic carbocycles. The van der Waals surface area contributed by atoms with Crippen LogP contribution in [0.15, 0.2) is 22.6 Å². The van der Waals surface area contributed by atoms with E-state index in [0.717, 1.165) is 0 Å². The second-order valence-corrected chi connectivity index (χ2v) is 5.60. The number of fused-ring (bicyclic) bond motifs is 1. The van der Waals surface area contributed by atoms with Gasteiger partial charge in [-0.2, -0.15) is 0 Å². The first-order chi connectivity index (χ1) is 9.66. The maximum absolute atomic E-state index is 12.1. The SMILES string of the molecule is O=C(NCC1CNCC1O)c1cnc2sccn2c1=O. The first kappa shape index (κ1) is 13.2. The molecular weight excluding hydrogens is 280 g/mol. The molecule has 0 spiro atoms. The Balaban J connectivity index is 1.75. The second kappa shape index (κ2) is 5.31. The summed E-state index contributed by atoms with van der Waals surface area (Å²) in [5, 5.41) is 17.1. The van der Waals surface area contributed by atoms with E-state index in [9.17, 15) is 14.7 Å². The number of β-amino-alcohol motifs (C(OH)–C–C–N with tert-alkyl or cyclic N) is 1. The molecule has 1 aliphatic heterocycles. The van der Waals surface area contributed by atoms with Crippen molar-refractivity contribution in [3.05, 3.63) is 33.7 Å². The number of aliphatic hydroxyl groups excluding tert-OH is 1. The van der Waals surface area contributed by atoms with Crippen LogP contribution in [0, 0.1) is 5.92 Å². The lowest BCUT2D eigenvalue weighted by atomic mass is 10.1. The third kappa shape index (κ3) is 2.33. The van der Waals surface area contributed by atoms with Gasteiger partial charge in [0.05, 0.1) is 6.10 Å². The van der Waals surface area contributed by atoms with E-state index >= 15 is 0 Å². The van der Waals surface area contributed by atoms with Crippen LogP contribution >= 0.6 is 11.3 Å². The third-order valence-electron chi connectivity index (χ3n) is 3.42. The smallest absolute Gasteiger partial charge is 0.271 e. The molecule has 3 N–H and O–H groups in total. The summed E-state index contributed by atoms with van der Waals surface area (Å²) in [5.74, 6) is -0.484. The van der Waals surface area contributed by atoms with Gasteiger partial charge in [0, 0.05) is 43.3 Å². The minimum atomic E-state index is -0.464. The van der Waals surface area contributed by atoms with E-state index in [-0.39, 0.29) is 17.0 Å². The van der Waals surface area contributed by atoms with Crippen molar-refractivity contribution in [2.24, 2.45) is 5.92 Å². The lowest BCUT2D eigenvalue weighted by Gasteiger charge is -2.13. The molecule has 2 unspecified atom stereocenters. The Morgan fingerprint density at radius 3 is 3.20 bits per heavy atom. The van der Waals surface area contributed by atoms with Crippen molar-refractivity contribution < 1.29 is 9.90 Å². The normalized spacial score (nSPS) is 22.2. The van der Waals surface area contributed by atoms with Crippen LogP contribution in [-0.4, -0.2) is 46.1 Å². The molecule has 7 nitrogen and oxygen atoms in total. The van der Waals surface area contributed by atoms with Crippen LogP contribution in [0.4, 0.5) is 0 Å². The van der Waals surface area contributed by atoms with Crippen LogP contribution in [0.5, 0.6) is 0 Å². The molecule has 20 heavy (non-hydrogen) atoms. The molecule has 1 fully saturated rings. The number of rotatable bonds is 3. The van der Waals surface area contributed by atoms with E-state index in [2.05, 4.69) is 15.6 Å². The summed E-state index contributed by atoms with van der Waals surface area (Å²) in [6, 6.07) is 0. The molecular formula is C12H14N4O3S.